The minimum absolute atomic E-state index is 0.227. The van der Waals surface area contributed by atoms with Crippen molar-refractivity contribution in [1.82, 2.24) is 15.0 Å². The standard InChI is InChI=1S/C8H10F3N3O4S/c1-2-19(17,18)4-3-14-6(8(9,10)11)5(7(15)16)12-13-14/h2-4H2,1H3,(H,15,16). The summed E-state index contributed by atoms with van der Waals surface area (Å²) < 4.78 is 60.7. The van der Waals surface area contributed by atoms with Gasteiger partial charge < -0.3 is 5.11 Å². The van der Waals surface area contributed by atoms with Gasteiger partial charge in [0.1, 0.15) is 0 Å². The first-order chi connectivity index (χ1) is 8.58. The fourth-order valence-corrected chi connectivity index (χ4v) is 2.00. The van der Waals surface area contributed by atoms with E-state index in [1.54, 1.807) is 0 Å². The molecule has 0 aliphatic carbocycles. The number of nitrogens with zero attached hydrogens (tertiary/aromatic N) is 3. The van der Waals surface area contributed by atoms with Crippen molar-refractivity contribution in [2.24, 2.45) is 0 Å². The molecular weight excluding hydrogens is 291 g/mol. The summed E-state index contributed by atoms with van der Waals surface area (Å²) in [6.45, 7) is 0.745. The van der Waals surface area contributed by atoms with Crippen LogP contribution in [0, 0.1) is 0 Å². The Morgan fingerprint density at radius 3 is 2.42 bits per heavy atom. The number of hydrogen-bond acceptors (Lipinski definition) is 5. The maximum atomic E-state index is 12.7. The molecule has 0 bridgehead atoms. The molecule has 0 aromatic carbocycles. The summed E-state index contributed by atoms with van der Waals surface area (Å²) in [7, 11) is -3.49. The molecule has 0 unspecified atom stereocenters. The Balaban J connectivity index is 3.13. The van der Waals surface area contributed by atoms with Gasteiger partial charge in [0.05, 0.1) is 12.3 Å². The zero-order valence-corrected chi connectivity index (χ0v) is 10.5. The molecular formula is C8H10F3N3O4S. The van der Waals surface area contributed by atoms with Gasteiger partial charge in [-0.3, -0.25) is 0 Å². The van der Waals surface area contributed by atoms with Crippen LogP contribution < -0.4 is 0 Å². The molecule has 108 valence electrons. The summed E-state index contributed by atoms with van der Waals surface area (Å²) in [6.07, 6.45) is -4.98. The Hall–Kier alpha value is -1.65. The zero-order valence-electron chi connectivity index (χ0n) is 9.68. The third kappa shape index (κ3) is 3.66. The van der Waals surface area contributed by atoms with E-state index < -0.39 is 45.7 Å². The number of carbonyl (C=O) groups is 1. The number of hydrogen-bond donors (Lipinski definition) is 1. The number of sulfone groups is 1. The number of carboxylic acid groups (broad SMARTS) is 1. The summed E-state index contributed by atoms with van der Waals surface area (Å²) in [5.41, 5.74) is -2.81. The van der Waals surface area contributed by atoms with E-state index in [2.05, 4.69) is 10.3 Å². The molecule has 0 fully saturated rings. The lowest BCUT2D eigenvalue weighted by atomic mass is 10.3. The Kier molecular flexibility index (Phi) is 4.18. The van der Waals surface area contributed by atoms with E-state index in [-0.39, 0.29) is 10.4 Å². The van der Waals surface area contributed by atoms with Gasteiger partial charge in [-0.2, -0.15) is 13.2 Å². The summed E-state index contributed by atoms with van der Waals surface area (Å²) in [6, 6.07) is 0. The first kappa shape index (κ1) is 15.4. The van der Waals surface area contributed by atoms with Crippen LogP contribution in [0.25, 0.3) is 0 Å². The minimum atomic E-state index is -4.98. The van der Waals surface area contributed by atoms with Crippen LogP contribution >= 0.6 is 0 Å². The van der Waals surface area contributed by atoms with E-state index in [9.17, 15) is 26.4 Å². The van der Waals surface area contributed by atoms with Gasteiger partial charge in [0.2, 0.25) is 5.69 Å². The van der Waals surface area contributed by atoms with Crippen molar-refractivity contribution in [3.05, 3.63) is 11.4 Å². The number of aromatic carboxylic acids is 1. The Bertz CT molecular complexity index is 579. The predicted molar refractivity (Wildman–Crippen MR) is 56.3 cm³/mol. The molecule has 19 heavy (non-hydrogen) atoms. The van der Waals surface area contributed by atoms with Gasteiger partial charge in [-0.05, 0) is 0 Å². The van der Waals surface area contributed by atoms with Crippen LogP contribution in [0.3, 0.4) is 0 Å². The molecule has 11 heteroatoms. The van der Waals surface area contributed by atoms with Crippen LogP contribution in [0.2, 0.25) is 0 Å². The lowest BCUT2D eigenvalue weighted by Crippen LogP contribution is -2.22. The summed E-state index contributed by atoms with van der Waals surface area (Å²) in [5, 5.41) is 14.5. The highest BCUT2D eigenvalue weighted by molar-refractivity contribution is 7.91. The van der Waals surface area contributed by atoms with E-state index in [1.165, 1.54) is 6.92 Å². The van der Waals surface area contributed by atoms with Crippen molar-refractivity contribution < 1.29 is 31.5 Å². The quantitative estimate of drug-likeness (QED) is 0.846. The summed E-state index contributed by atoms with van der Waals surface area (Å²) in [4.78, 5) is 10.6. The molecule has 1 N–H and O–H groups in total. The summed E-state index contributed by atoms with van der Waals surface area (Å²) in [5.74, 6) is -2.68. The van der Waals surface area contributed by atoms with E-state index >= 15 is 0 Å². The second kappa shape index (κ2) is 5.15. The molecule has 0 atom stereocenters. The minimum Gasteiger partial charge on any atom is -0.476 e. The molecule has 1 aromatic heterocycles. The maximum absolute atomic E-state index is 12.7. The molecule has 7 nitrogen and oxygen atoms in total. The highest BCUT2D eigenvalue weighted by Gasteiger charge is 2.41. The van der Waals surface area contributed by atoms with E-state index in [0.717, 1.165) is 0 Å². The molecule has 0 amide bonds. The predicted octanol–water partition coefficient (Wildman–Crippen LogP) is 0.430. The topological polar surface area (TPSA) is 102 Å². The molecule has 0 aliphatic rings. The molecule has 0 radical (unpaired) electrons. The Morgan fingerprint density at radius 1 is 1.42 bits per heavy atom. The van der Waals surface area contributed by atoms with Gasteiger partial charge in [0.15, 0.2) is 15.5 Å². The highest BCUT2D eigenvalue weighted by atomic mass is 32.2. The van der Waals surface area contributed by atoms with Crippen molar-refractivity contribution in [3.8, 4) is 0 Å². The number of rotatable bonds is 5. The SMILES string of the molecule is CCS(=O)(=O)CCn1nnc(C(=O)O)c1C(F)(F)F. The molecule has 1 heterocycles. The van der Waals surface area contributed by atoms with Gasteiger partial charge in [-0.1, -0.05) is 12.1 Å². The van der Waals surface area contributed by atoms with E-state index in [4.69, 9.17) is 5.11 Å². The molecule has 1 rings (SSSR count). The fraction of sp³-hybridized carbons (Fsp3) is 0.625. The lowest BCUT2D eigenvalue weighted by Gasteiger charge is -2.09. The number of alkyl halides is 3. The lowest BCUT2D eigenvalue weighted by molar-refractivity contribution is -0.144. The Morgan fingerprint density at radius 2 is 2.00 bits per heavy atom. The number of carboxylic acids is 1. The van der Waals surface area contributed by atoms with Crippen LogP contribution in [0.4, 0.5) is 13.2 Å². The molecule has 0 saturated heterocycles. The normalized spacial score (nSPS) is 12.6. The van der Waals surface area contributed by atoms with Crippen molar-refractivity contribution in [1.29, 1.82) is 0 Å². The molecule has 0 aliphatic heterocycles. The van der Waals surface area contributed by atoms with Crippen LogP contribution in [0.5, 0.6) is 0 Å². The number of aromatic nitrogens is 3. The third-order valence-corrected chi connectivity index (χ3v) is 3.94. The van der Waals surface area contributed by atoms with Crippen LogP contribution in [0.15, 0.2) is 0 Å². The largest absolute Gasteiger partial charge is 0.476 e. The van der Waals surface area contributed by atoms with Crippen molar-refractivity contribution in [2.75, 3.05) is 11.5 Å². The first-order valence-corrected chi connectivity index (χ1v) is 6.85. The molecule has 1 aromatic rings. The van der Waals surface area contributed by atoms with Crippen LogP contribution in [-0.2, 0) is 22.6 Å². The zero-order chi connectivity index (χ0) is 14.8. The Labute approximate surface area is 105 Å². The van der Waals surface area contributed by atoms with E-state index in [1.807, 2.05) is 0 Å². The van der Waals surface area contributed by atoms with Gasteiger partial charge in [0.25, 0.3) is 0 Å². The fourth-order valence-electron chi connectivity index (χ4n) is 1.26. The van der Waals surface area contributed by atoms with E-state index in [0.29, 0.717) is 0 Å². The smallest absolute Gasteiger partial charge is 0.435 e. The molecule has 0 spiro atoms. The molecule has 0 saturated carbocycles. The first-order valence-electron chi connectivity index (χ1n) is 5.03. The summed E-state index contributed by atoms with van der Waals surface area (Å²) >= 11 is 0. The van der Waals surface area contributed by atoms with Crippen molar-refractivity contribution >= 4 is 15.8 Å². The second-order valence-corrected chi connectivity index (χ2v) is 6.02. The maximum Gasteiger partial charge on any atom is 0.435 e. The van der Waals surface area contributed by atoms with Crippen molar-refractivity contribution in [3.63, 3.8) is 0 Å². The number of halogens is 3. The number of aryl methyl sites for hydroxylation is 1. The van der Waals surface area contributed by atoms with Crippen LogP contribution in [-0.4, -0.2) is 46.0 Å². The van der Waals surface area contributed by atoms with Crippen LogP contribution in [0.1, 0.15) is 23.1 Å². The third-order valence-electron chi connectivity index (χ3n) is 2.26. The monoisotopic (exact) mass is 301 g/mol. The van der Waals surface area contributed by atoms with Crippen molar-refractivity contribution in [2.45, 2.75) is 19.6 Å². The second-order valence-electron chi connectivity index (χ2n) is 3.55. The van der Waals surface area contributed by atoms with Gasteiger partial charge in [-0.25, -0.2) is 17.9 Å². The van der Waals surface area contributed by atoms with Gasteiger partial charge in [-0.15, -0.1) is 5.10 Å². The van der Waals surface area contributed by atoms with Gasteiger partial charge >= 0.3 is 12.1 Å². The average molecular weight is 301 g/mol. The highest BCUT2D eigenvalue weighted by Crippen LogP contribution is 2.31. The van der Waals surface area contributed by atoms with Gasteiger partial charge in [0, 0.05) is 5.75 Å². The average Bonchev–Trinajstić information content (AvgIpc) is 2.70.